The van der Waals surface area contributed by atoms with Crippen LogP contribution >= 0.6 is 0 Å². The average Bonchev–Trinajstić information content (AvgIpc) is 3.10. The third kappa shape index (κ3) is 3.24. The molecule has 2 heterocycles. The molecular weight excluding hydrogens is 268 g/mol. The fourth-order valence-corrected chi connectivity index (χ4v) is 2.94. The number of imidazole rings is 1. The summed E-state index contributed by atoms with van der Waals surface area (Å²) in [4.78, 5) is 15.5. The van der Waals surface area contributed by atoms with Crippen molar-refractivity contribution in [3.05, 3.63) is 30.1 Å². The molecule has 0 bridgehead atoms. The highest BCUT2D eigenvalue weighted by atomic mass is 16.5. The predicted octanol–water partition coefficient (Wildman–Crippen LogP) is 2.62. The second-order valence-electron chi connectivity index (χ2n) is 5.49. The van der Waals surface area contributed by atoms with Crippen molar-refractivity contribution in [1.29, 1.82) is 0 Å². The molecule has 1 N–H and O–H groups in total. The number of carboxylic acid groups (broad SMARTS) is 1. The number of aromatic nitrogens is 2. The molecule has 0 amide bonds. The Balaban J connectivity index is 1.80. The molecule has 1 aromatic heterocycles. The van der Waals surface area contributed by atoms with Gasteiger partial charge in [0.1, 0.15) is 5.82 Å². The molecule has 1 fully saturated rings. The number of carboxylic acids is 1. The molecule has 112 valence electrons. The molecule has 1 saturated heterocycles. The van der Waals surface area contributed by atoms with Crippen LogP contribution in [0.15, 0.2) is 24.3 Å². The first-order chi connectivity index (χ1) is 10.2. The molecule has 1 aliphatic heterocycles. The zero-order chi connectivity index (χ0) is 14.7. The van der Waals surface area contributed by atoms with Crippen LogP contribution in [-0.4, -0.2) is 33.3 Å². The van der Waals surface area contributed by atoms with Crippen LogP contribution in [-0.2, 0) is 22.5 Å². The average molecular weight is 288 g/mol. The summed E-state index contributed by atoms with van der Waals surface area (Å²) in [7, 11) is 0. The number of para-hydroxylation sites is 2. The summed E-state index contributed by atoms with van der Waals surface area (Å²) in [5.41, 5.74) is 1.95. The fraction of sp³-hybridized carbons (Fsp3) is 0.500. The third-order valence-corrected chi connectivity index (χ3v) is 4.00. The number of aliphatic carboxylic acids is 1. The number of fused-ring (bicyclic) bond motifs is 1. The number of hydrogen-bond acceptors (Lipinski definition) is 3. The van der Waals surface area contributed by atoms with Crippen molar-refractivity contribution in [1.82, 2.24) is 9.55 Å². The Morgan fingerprint density at radius 3 is 3.05 bits per heavy atom. The quantitative estimate of drug-likeness (QED) is 0.887. The molecule has 0 saturated carbocycles. The molecule has 5 nitrogen and oxygen atoms in total. The maximum atomic E-state index is 10.9. The summed E-state index contributed by atoms with van der Waals surface area (Å²) in [6.45, 7) is 1.33. The van der Waals surface area contributed by atoms with Gasteiger partial charge in [-0.2, -0.15) is 0 Å². The van der Waals surface area contributed by atoms with E-state index in [9.17, 15) is 4.79 Å². The van der Waals surface area contributed by atoms with Crippen molar-refractivity contribution in [2.75, 3.05) is 6.61 Å². The Bertz CT molecular complexity index is 629. The van der Waals surface area contributed by atoms with Gasteiger partial charge in [-0.05, 0) is 31.4 Å². The van der Waals surface area contributed by atoms with Crippen LogP contribution in [0, 0.1) is 0 Å². The summed E-state index contributed by atoms with van der Waals surface area (Å²) < 4.78 is 7.70. The Morgan fingerprint density at radius 1 is 1.43 bits per heavy atom. The van der Waals surface area contributed by atoms with E-state index in [0.29, 0.717) is 12.6 Å². The molecule has 0 spiro atoms. The molecule has 3 rings (SSSR count). The third-order valence-electron chi connectivity index (χ3n) is 4.00. The minimum absolute atomic E-state index is 0.118. The van der Waals surface area contributed by atoms with Crippen LogP contribution in [0.2, 0.25) is 0 Å². The SMILES string of the molecule is O=C(O)CCn1c(CCC2CCCO2)nc2ccccc21. The van der Waals surface area contributed by atoms with Gasteiger partial charge in [-0.1, -0.05) is 12.1 Å². The second-order valence-corrected chi connectivity index (χ2v) is 5.49. The van der Waals surface area contributed by atoms with Gasteiger partial charge in [0.25, 0.3) is 0 Å². The highest BCUT2D eigenvalue weighted by Crippen LogP contribution is 2.21. The molecule has 1 atom stereocenters. The standard InChI is InChI=1S/C16H20N2O3/c19-16(20)9-10-18-14-6-2-1-5-13(14)17-15(18)8-7-12-4-3-11-21-12/h1-2,5-6,12H,3-4,7-11H2,(H,19,20). The number of ether oxygens (including phenoxy) is 1. The van der Waals surface area contributed by atoms with Gasteiger partial charge in [0, 0.05) is 19.6 Å². The number of aryl methyl sites for hydroxylation is 2. The summed E-state index contributed by atoms with van der Waals surface area (Å²) >= 11 is 0. The second kappa shape index (κ2) is 6.26. The zero-order valence-electron chi connectivity index (χ0n) is 12.0. The Kier molecular flexibility index (Phi) is 4.20. The first-order valence-corrected chi connectivity index (χ1v) is 7.51. The molecule has 2 aromatic rings. The monoisotopic (exact) mass is 288 g/mol. The number of nitrogens with zero attached hydrogens (tertiary/aromatic N) is 2. The Labute approximate surface area is 123 Å². The van der Waals surface area contributed by atoms with E-state index in [-0.39, 0.29) is 6.42 Å². The van der Waals surface area contributed by atoms with E-state index in [1.807, 2.05) is 28.8 Å². The molecule has 1 aromatic carbocycles. The van der Waals surface area contributed by atoms with Crippen LogP contribution in [0.1, 0.15) is 31.5 Å². The summed E-state index contributed by atoms with van der Waals surface area (Å²) in [6.07, 6.45) is 4.50. The lowest BCUT2D eigenvalue weighted by Crippen LogP contribution is -2.12. The highest BCUT2D eigenvalue weighted by Gasteiger charge is 2.18. The van der Waals surface area contributed by atoms with Crippen LogP contribution in [0.25, 0.3) is 11.0 Å². The smallest absolute Gasteiger partial charge is 0.305 e. The first kappa shape index (κ1) is 14.1. The van der Waals surface area contributed by atoms with Gasteiger partial charge in [-0.3, -0.25) is 4.79 Å². The normalized spacial score (nSPS) is 18.4. The minimum atomic E-state index is -0.780. The predicted molar refractivity (Wildman–Crippen MR) is 79.3 cm³/mol. The number of hydrogen-bond donors (Lipinski definition) is 1. The maximum absolute atomic E-state index is 10.9. The van der Waals surface area contributed by atoms with E-state index < -0.39 is 5.97 Å². The van der Waals surface area contributed by atoms with Gasteiger partial charge in [-0.15, -0.1) is 0 Å². The topological polar surface area (TPSA) is 64.3 Å². The Morgan fingerprint density at radius 2 is 2.29 bits per heavy atom. The lowest BCUT2D eigenvalue weighted by molar-refractivity contribution is -0.137. The van der Waals surface area contributed by atoms with Crippen LogP contribution in [0.5, 0.6) is 0 Å². The van der Waals surface area contributed by atoms with Gasteiger partial charge in [0.05, 0.1) is 23.6 Å². The summed E-state index contributed by atoms with van der Waals surface area (Å²) in [5.74, 6) is 0.186. The van der Waals surface area contributed by atoms with Crippen molar-refractivity contribution >= 4 is 17.0 Å². The van der Waals surface area contributed by atoms with Crippen molar-refractivity contribution in [3.8, 4) is 0 Å². The Hall–Kier alpha value is -1.88. The van der Waals surface area contributed by atoms with Gasteiger partial charge in [0.2, 0.25) is 0 Å². The number of benzene rings is 1. The van der Waals surface area contributed by atoms with Crippen molar-refractivity contribution < 1.29 is 14.6 Å². The minimum Gasteiger partial charge on any atom is -0.481 e. The molecule has 0 aliphatic carbocycles. The maximum Gasteiger partial charge on any atom is 0.305 e. The first-order valence-electron chi connectivity index (χ1n) is 7.51. The van der Waals surface area contributed by atoms with Gasteiger partial charge in [-0.25, -0.2) is 4.98 Å². The van der Waals surface area contributed by atoms with Gasteiger partial charge < -0.3 is 14.4 Å². The van der Waals surface area contributed by atoms with E-state index >= 15 is 0 Å². The van der Waals surface area contributed by atoms with Gasteiger partial charge in [0.15, 0.2) is 0 Å². The van der Waals surface area contributed by atoms with Crippen LogP contribution < -0.4 is 0 Å². The van der Waals surface area contributed by atoms with E-state index in [4.69, 9.17) is 9.84 Å². The van der Waals surface area contributed by atoms with Crippen molar-refractivity contribution in [2.24, 2.45) is 0 Å². The molecule has 21 heavy (non-hydrogen) atoms. The number of rotatable bonds is 6. The molecule has 1 aliphatic rings. The lowest BCUT2D eigenvalue weighted by Gasteiger charge is -2.11. The van der Waals surface area contributed by atoms with Crippen molar-refractivity contribution in [2.45, 2.75) is 44.8 Å². The van der Waals surface area contributed by atoms with E-state index in [0.717, 1.165) is 49.1 Å². The van der Waals surface area contributed by atoms with E-state index in [1.165, 1.54) is 0 Å². The molecule has 1 unspecified atom stereocenters. The van der Waals surface area contributed by atoms with E-state index in [1.54, 1.807) is 0 Å². The lowest BCUT2D eigenvalue weighted by atomic mass is 10.1. The van der Waals surface area contributed by atoms with Crippen molar-refractivity contribution in [3.63, 3.8) is 0 Å². The van der Waals surface area contributed by atoms with Gasteiger partial charge >= 0.3 is 5.97 Å². The molecule has 0 radical (unpaired) electrons. The molecular formula is C16H20N2O3. The van der Waals surface area contributed by atoms with E-state index in [2.05, 4.69) is 4.98 Å². The highest BCUT2D eigenvalue weighted by molar-refractivity contribution is 5.76. The summed E-state index contributed by atoms with van der Waals surface area (Å²) in [5, 5.41) is 8.92. The zero-order valence-corrected chi connectivity index (χ0v) is 12.0. The largest absolute Gasteiger partial charge is 0.481 e. The number of carbonyl (C=O) groups is 1. The summed E-state index contributed by atoms with van der Waals surface area (Å²) in [6, 6.07) is 7.90. The molecule has 5 heteroatoms. The fourth-order valence-electron chi connectivity index (χ4n) is 2.94. The van der Waals surface area contributed by atoms with Crippen LogP contribution in [0.4, 0.5) is 0 Å². The van der Waals surface area contributed by atoms with Crippen LogP contribution in [0.3, 0.4) is 0 Å².